The lowest BCUT2D eigenvalue weighted by Crippen LogP contribution is -2.67. The molecule has 8 fully saturated rings. The summed E-state index contributed by atoms with van der Waals surface area (Å²) < 4.78 is 48.8. The van der Waals surface area contributed by atoms with Gasteiger partial charge < -0.3 is 94.1 Å². The zero-order valence-corrected chi connectivity index (χ0v) is 36.9. The molecule has 0 aromatic carbocycles. The van der Waals surface area contributed by atoms with E-state index < -0.39 is 118 Å². The van der Waals surface area contributed by atoms with Crippen molar-refractivity contribution in [1.29, 1.82) is 0 Å². The molecule has 19 heteroatoms. The number of hydrogen-bond acceptors (Lipinski definition) is 19. The highest BCUT2D eigenvalue weighted by atomic mass is 16.8. The van der Waals surface area contributed by atoms with E-state index in [4.69, 9.17) is 37.9 Å². The van der Waals surface area contributed by atoms with Crippen LogP contribution in [-0.4, -0.2) is 199 Å². The minimum atomic E-state index is -1.90. The zero-order valence-electron chi connectivity index (χ0n) is 36.9. The van der Waals surface area contributed by atoms with Crippen LogP contribution in [0.5, 0.6) is 0 Å². The molecule has 0 bridgehead atoms. The summed E-state index contributed by atoms with van der Waals surface area (Å²) in [6.45, 7) is 5.64. The summed E-state index contributed by atoms with van der Waals surface area (Å²) in [7, 11) is 0. The van der Waals surface area contributed by atoms with Gasteiger partial charge in [0.2, 0.25) is 0 Å². The second kappa shape index (κ2) is 18.4. The van der Waals surface area contributed by atoms with E-state index in [1.165, 1.54) is 5.57 Å². The van der Waals surface area contributed by atoms with Gasteiger partial charge in [-0.1, -0.05) is 32.4 Å². The fraction of sp³-hybridized carbons (Fsp3) is 0.956. The fourth-order valence-electron chi connectivity index (χ4n) is 14.2. The topological polar surface area (TPSA) is 296 Å². The van der Waals surface area contributed by atoms with E-state index in [1.54, 1.807) is 0 Å². The number of allylic oxidation sites excluding steroid dienone is 1. The first-order chi connectivity index (χ1) is 30.5. The molecular weight excluding hydrogens is 844 g/mol. The molecule has 19 nitrogen and oxygen atoms in total. The van der Waals surface area contributed by atoms with Crippen molar-refractivity contribution in [3.05, 3.63) is 11.6 Å². The van der Waals surface area contributed by atoms with Crippen molar-refractivity contribution < 1.29 is 94.1 Å². The van der Waals surface area contributed by atoms with Gasteiger partial charge in [0.15, 0.2) is 24.7 Å². The lowest BCUT2D eigenvalue weighted by Gasteiger charge is -2.58. The van der Waals surface area contributed by atoms with Crippen LogP contribution in [0.3, 0.4) is 0 Å². The third-order valence-electron chi connectivity index (χ3n) is 17.9. The zero-order chi connectivity index (χ0) is 45.6. The van der Waals surface area contributed by atoms with Crippen LogP contribution in [-0.2, 0) is 37.9 Å². The van der Waals surface area contributed by atoms with Crippen LogP contribution in [0.2, 0.25) is 0 Å². The van der Waals surface area contributed by atoms with E-state index >= 15 is 0 Å². The minimum absolute atomic E-state index is 0.0296. The van der Waals surface area contributed by atoms with Crippen LogP contribution in [0.15, 0.2) is 11.6 Å². The highest BCUT2D eigenvalue weighted by molar-refractivity contribution is 5.26. The molecule has 11 N–H and O–H groups in total. The molecule has 1 spiro atoms. The molecule has 0 radical (unpaired) electrons. The highest BCUT2D eigenvalue weighted by Gasteiger charge is 2.69. The third kappa shape index (κ3) is 7.87. The van der Waals surface area contributed by atoms with Gasteiger partial charge in [-0.15, -0.1) is 0 Å². The monoisotopic (exact) mass is 916 g/mol. The van der Waals surface area contributed by atoms with Crippen molar-refractivity contribution in [1.82, 2.24) is 0 Å². The standard InChI is InChI=1S/C45H72O19/c1-19-30-26(64-45(19)11-6-20(14-46)18-57-45)13-25-23-5-4-21-12-22(7-9-43(21,2)24(23)8-10-44(25,30)3)58-40-37(56)35(54)38(29(17-49)61-40)62-42-39(34(53)32(51)28(16-48)60-42)63-41-36(55)33(52)31(50)27(15-47)59-41/h4,19-20,22-42,46-56H,5-18H2,1-3H3. The molecule has 9 rings (SSSR count). The van der Waals surface area contributed by atoms with Crippen LogP contribution in [0, 0.1) is 46.3 Å². The largest absolute Gasteiger partial charge is 0.396 e. The maximum Gasteiger partial charge on any atom is 0.187 e. The van der Waals surface area contributed by atoms with Crippen molar-refractivity contribution in [3.63, 3.8) is 0 Å². The van der Waals surface area contributed by atoms with Crippen molar-refractivity contribution in [2.75, 3.05) is 33.0 Å². The van der Waals surface area contributed by atoms with Crippen molar-refractivity contribution in [3.8, 4) is 0 Å². The van der Waals surface area contributed by atoms with Crippen molar-refractivity contribution in [2.24, 2.45) is 46.3 Å². The molecule has 9 aliphatic rings. The molecule has 5 heterocycles. The van der Waals surface area contributed by atoms with E-state index in [2.05, 4.69) is 26.8 Å². The van der Waals surface area contributed by atoms with Gasteiger partial charge in [-0.05, 0) is 85.9 Å². The molecule has 0 aromatic rings. The Labute approximate surface area is 373 Å². The second-order valence-corrected chi connectivity index (χ2v) is 21.0. The van der Waals surface area contributed by atoms with Crippen LogP contribution >= 0.6 is 0 Å². The number of fused-ring (bicyclic) bond motifs is 7. The average molecular weight is 917 g/mol. The molecule has 4 aliphatic carbocycles. The summed E-state index contributed by atoms with van der Waals surface area (Å²) in [6, 6.07) is 0. The van der Waals surface area contributed by atoms with Gasteiger partial charge >= 0.3 is 0 Å². The summed E-state index contributed by atoms with van der Waals surface area (Å²) >= 11 is 0. The van der Waals surface area contributed by atoms with Gasteiger partial charge in [-0.2, -0.15) is 0 Å². The first-order valence-electron chi connectivity index (χ1n) is 23.7. The Bertz CT molecular complexity index is 1640. The first-order valence-corrected chi connectivity index (χ1v) is 23.7. The second-order valence-electron chi connectivity index (χ2n) is 21.0. The van der Waals surface area contributed by atoms with Gasteiger partial charge in [0, 0.05) is 24.9 Å². The van der Waals surface area contributed by atoms with Gasteiger partial charge in [0.25, 0.3) is 0 Å². The summed E-state index contributed by atoms with van der Waals surface area (Å²) in [5.74, 6) is 1.90. The molecule has 366 valence electrons. The predicted octanol–water partition coefficient (Wildman–Crippen LogP) is -1.84. The SMILES string of the molecule is CC1C2C(CC3C4CC=C5CC(OC6OC(CO)C(OC7OC(CO)C(O)C(O)C7OC7OC(CO)C(O)C(O)C7O)C(O)C6O)CCC5(C)C4CCC32C)OC12CCC(CO)CO2. The average Bonchev–Trinajstić information content (AvgIpc) is 3.74. The number of aliphatic hydroxyl groups is 11. The lowest BCUT2D eigenvalue weighted by molar-refractivity contribution is -0.390. The smallest absolute Gasteiger partial charge is 0.187 e. The fourth-order valence-corrected chi connectivity index (χ4v) is 14.2. The van der Waals surface area contributed by atoms with Gasteiger partial charge in [-0.3, -0.25) is 0 Å². The van der Waals surface area contributed by atoms with Crippen LogP contribution < -0.4 is 0 Å². The molecular formula is C45H72O19. The molecule has 3 saturated carbocycles. The number of rotatable bonds is 10. The number of hydrogen-bond donors (Lipinski definition) is 11. The summed E-state index contributed by atoms with van der Waals surface area (Å²) in [5, 5.41) is 116. The molecule has 26 unspecified atom stereocenters. The van der Waals surface area contributed by atoms with E-state index in [0.717, 1.165) is 44.9 Å². The van der Waals surface area contributed by atoms with Gasteiger partial charge in [-0.25, -0.2) is 0 Å². The normalized spacial score (nSPS) is 56.2. The first kappa shape index (κ1) is 48.0. The minimum Gasteiger partial charge on any atom is -0.396 e. The van der Waals surface area contributed by atoms with Crippen LogP contribution in [0.4, 0.5) is 0 Å². The van der Waals surface area contributed by atoms with Crippen molar-refractivity contribution >= 4 is 0 Å². The maximum atomic E-state index is 11.5. The van der Waals surface area contributed by atoms with Gasteiger partial charge in [0.1, 0.15) is 73.2 Å². The van der Waals surface area contributed by atoms with E-state index in [1.807, 2.05) is 0 Å². The molecule has 0 amide bonds. The quantitative estimate of drug-likeness (QED) is 0.107. The summed E-state index contributed by atoms with van der Waals surface area (Å²) in [4.78, 5) is 0. The Morgan fingerprint density at radius 1 is 0.641 bits per heavy atom. The summed E-state index contributed by atoms with van der Waals surface area (Å²) in [6.07, 6.45) is -14.4. The van der Waals surface area contributed by atoms with Crippen LogP contribution in [0.25, 0.3) is 0 Å². The van der Waals surface area contributed by atoms with Crippen LogP contribution in [0.1, 0.15) is 78.6 Å². The number of ether oxygens (including phenoxy) is 8. The number of aliphatic hydroxyl groups excluding tert-OH is 11. The Morgan fingerprint density at radius 3 is 1.94 bits per heavy atom. The van der Waals surface area contributed by atoms with Crippen molar-refractivity contribution in [2.45, 2.75) is 189 Å². The molecule has 0 aromatic heterocycles. The molecule has 64 heavy (non-hydrogen) atoms. The maximum absolute atomic E-state index is 11.5. The highest BCUT2D eigenvalue weighted by Crippen LogP contribution is 2.70. The molecule has 5 saturated heterocycles. The van der Waals surface area contributed by atoms with E-state index in [0.29, 0.717) is 43.1 Å². The van der Waals surface area contributed by atoms with Gasteiger partial charge in [0.05, 0.1) is 38.6 Å². The molecule has 26 atom stereocenters. The Hall–Kier alpha value is -1.02. The lowest BCUT2D eigenvalue weighted by atomic mass is 9.47. The third-order valence-corrected chi connectivity index (χ3v) is 17.9. The predicted molar refractivity (Wildman–Crippen MR) is 217 cm³/mol. The Morgan fingerprint density at radius 2 is 1.27 bits per heavy atom. The Balaban J connectivity index is 0.845. The summed E-state index contributed by atoms with van der Waals surface area (Å²) in [5.41, 5.74) is 1.45. The van der Waals surface area contributed by atoms with E-state index in [9.17, 15) is 56.2 Å². The van der Waals surface area contributed by atoms with E-state index in [-0.39, 0.29) is 41.5 Å². The molecule has 5 aliphatic heterocycles. The Kier molecular flexibility index (Phi) is 13.8.